The van der Waals surface area contributed by atoms with Gasteiger partial charge < -0.3 is 9.84 Å². The predicted octanol–water partition coefficient (Wildman–Crippen LogP) is 3.79. The van der Waals surface area contributed by atoms with Crippen molar-refractivity contribution >= 4 is 10.9 Å². The standard InChI is InChI=1S/C20H28N2O2/c1-4-15-6-5-11-22(13-15)14(2)20(23)17-9-10-21-19-8-7-16(24-3)12-18(17)19/h7-10,12,14-15,20,23H,4-6,11,13H2,1-3H3. The first-order chi connectivity index (χ1) is 11.6. The van der Waals surface area contributed by atoms with Crippen LogP contribution in [0.4, 0.5) is 0 Å². The third-order valence-corrected chi connectivity index (χ3v) is 5.46. The van der Waals surface area contributed by atoms with Gasteiger partial charge in [0.15, 0.2) is 0 Å². The van der Waals surface area contributed by atoms with Crippen molar-refractivity contribution in [3.8, 4) is 5.75 Å². The first-order valence-electron chi connectivity index (χ1n) is 8.98. The van der Waals surface area contributed by atoms with Crippen LogP contribution in [0.15, 0.2) is 30.5 Å². The van der Waals surface area contributed by atoms with E-state index in [1.165, 1.54) is 19.3 Å². The summed E-state index contributed by atoms with van der Waals surface area (Å²) >= 11 is 0. The van der Waals surface area contributed by atoms with Crippen LogP contribution in [-0.2, 0) is 0 Å². The largest absolute Gasteiger partial charge is 0.497 e. The molecule has 1 aliphatic heterocycles. The molecule has 0 spiro atoms. The Morgan fingerprint density at radius 2 is 2.21 bits per heavy atom. The number of piperidine rings is 1. The van der Waals surface area contributed by atoms with Crippen LogP contribution >= 0.6 is 0 Å². The van der Waals surface area contributed by atoms with Crippen LogP contribution < -0.4 is 4.74 Å². The summed E-state index contributed by atoms with van der Waals surface area (Å²) in [6, 6.07) is 7.85. The Kier molecular flexibility index (Phi) is 5.36. The summed E-state index contributed by atoms with van der Waals surface area (Å²) in [5, 5.41) is 12.0. The van der Waals surface area contributed by atoms with E-state index in [1.807, 2.05) is 24.3 Å². The van der Waals surface area contributed by atoms with Crippen molar-refractivity contribution in [1.29, 1.82) is 0 Å². The van der Waals surface area contributed by atoms with Crippen LogP contribution in [0, 0.1) is 5.92 Å². The molecule has 0 radical (unpaired) electrons. The van der Waals surface area contributed by atoms with Crippen LogP contribution in [0.1, 0.15) is 44.8 Å². The number of hydrogen-bond acceptors (Lipinski definition) is 4. The zero-order chi connectivity index (χ0) is 17.1. The fraction of sp³-hybridized carbons (Fsp3) is 0.550. The van der Waals surface area contributed by atoms with Crippen molar-refractivity contribution in [2.24, 2.45) is 5.92 Å². The number of pyridine rings is 1. The zero-order valence-corrected chi connectivity index (χ0v) is 14.9. The Bertz CT molecular complexity index is 688. The van der Waals surface area contributed by atoms with Gasteiger partial charge in [0.2, 0.25) is 0 Å². The summed E-state index contributed by atoms with van der Waals surface area (Å²) in [5.74, 6) is 1.54. The monoisotopic (exact) mass is 328 g/mol. The first-order valence-corrected chi connectivity index (χ1v) is 8.98. The van der Waals surface area contributed by atoms with Crippen molar-refractivity contribution in [2.45, 2.75) is 45.3 Å². The van der Waals surface area contributed by atoms with Crippen LogP contribution in [-0.4, -0.2) is 41.2 Å². The van der Waals surface area contributed by atoms with Crippen molar-refractivity contribution in [1.82, 2.24) is 9.88 Å². The van der Waals surface area contributed by atoms with Crippen molar-refractivity contribution in [3.63, 3.8) is 0 Å². The lowest BCUT2D eigenvalue weighted by atomic mass is 9.92. The number of methoxy groups -OCH3 is 1. The maximum atomic E-state index is 11.1. The number of aliphatic hydroxyl groups excluding tert-OH is 1. The molecule has 1 aromatic carbocycles. The summed E-state index contributed by atoms with van der Waals surface area (Å²) in [4.78, 5) is 6.86. The van der Waals surface area contributed by atoms with Crippen molar-refractivity contribution in [2.75, 3.05) is 20.2 Å². The first kappa shape index (κ1) is 17.2. The zero-order valence-electron chi connectivity index (χ0n) is 14.9. The van der Waals surface area contributed by atoms with Gasteiger partial charge in [-0.05, 0) is 62.1 Å². The van der Waals surface area contributed by atoms with E-state index in [4.69, 9.17) is 4.74 Å². The molecule has 3 unspecified atom stereocenters. The number of nitrogens with zero attached hydrogens (tertiary/aromatic N) is 2. The highest BCUT2D eigenvalue weighted by Gasteiger charge is 2.28. The van der Waals surface area contributed by atoms with Gasteiger partial charge in [-0.15, -0.1) is 0 Å². The lowest BCUT2D eigenvalue weighted by Crippen LogP contribution is -2.44. The van der Waals surface area contributed by atoms with E-state index >= 15 is 0 Å². The van der Waals surface area contributed by atoms with E-state index in [0.717, 1.165) is 41.2 Å². The van der Waals surface area contributed by atoms with Gasteiger partial charge in [0, 0.05) is 24.2 Å². The molecular weight excluding hydrogens is 300 g/mol. The molecule has 1 N–H and O–H groups in total. The lowest BCUT2D eigenvalue weighted by Gasteiger charge is -2.38. The Morgan fingerprint density at radius 1 is 1.38 bits per heavy atom. The smallest absolute Gasteiger partial charge is 0.119 e. The van der Waals surface area contributed by atoms with E-state index in [1.54, 1.807) is 13.3 Å². The quantitative estimate of drug-likeness (QED) is 0.907. The number of ether oxygens (including phenoxy) is 1. The summed E-state index contributed by atoms with van der Waals surface area (Å²) in [6.07, 6.45) is 5.00. The SMILES string of the molecule is CCC1CCCN(C(C)C(O)c2ccnc3ccc(OC)cc23)C1. The summed E-state index contributed by atoms with van der Waals surface area (Å²) in [6.45, 7) is 6.55. The molecule has 1 fully saturated rings. The van der Waals surface area contributed by atoms with Gasteiger partial charge in [-0.1, -0.05) is 13.3 Å². The number of likely N-dealkylation sites (tertiary alicyclic amines) is 1. The van der Waals surface area contributed by atoms with E-state index in [9.17, 15) is 5.11 Å². The van der Waals surface area contributed by atoms with E-state index in [-0.39, 0.29) is 6.04 Å². The average molecular weight is 328 g/mol. The topological polar surface area (TPSA) is 45.6 Å². The maximum Gasteiger partial charge on any atom is 0.119 e. The van der Waals surface area contributed by atoms with Crippen molar-refractivity contribution in [3.05, 3.63) is 36.0 Å². The lowest BCUT2D eigenvalue weighted by molar-refractivity contribution is 0.0328. The molecular formula is C20H28N2O2. The molecule has 24 heavy (non-hydrogen) atoms. The molecule has 1 aliphatic rings. The second kappa shape index (κ2) is 7.49. The molecule has 2 aromatic rings. The molecule has 3 rings (SSSR count). The number of aliphatic hydroxyl groups is 1. The molecule has 0 bridgehead atoms. The second-order valence-electron chi connectivity index (χ2n) is 6.88. The number of benzene rings is 1. The molecule has 0 amide bonds. The molecule has 0 aliphatic carbocycles. The minimum absolute atomic E-state index is 0.0937. The number of aromatic nitrogens is 1. The van der Waals surface area contributed by atoms with Gasteiger partial charge in [-0.3, -0.25) is 9.88 Å². The number of fused-ring (bicyclic) bond motifs is 1. The Morgan fingerprint density at radius 3 is 2.96 bits per heavy atom. The summed E-state index contributed by atoms with van der Waals surface area (Å²) in [7, 11) is 1.66. The molecule has 4 heteroatoms. The Balaban J connectivity index is 1.88. The molecule has 0 saturated carbocycles. The fourth-order valence-corrected chi connectivity index (χ4v) is 3.79. The molecule has 130 valence electrons. The Labute approximate surface area is 144 Å². The maximum absolute atomic E-state index is 11.1. The van der Waals surface area contributed by atoms with Gasteiger partial charge in [-0.2, -0.15) is 0 Å². The summed E-state index contributed by atoms with van der Waals surface area (Å²) in [5.41, 5.74) is 1.83. The number of rotatable bonds is 5. The van der Waals surface area contributed by atoms with Gasteiger partial charge >= 0.3 is 0 Å². The highest BCUT2D eigenvalue weighted by molar-refractivity contribution is 5.83. The van der Waals surface area contributed by atoms with E-state index in [2.05, 4.69) is 23.7 Å². The van der Waals surface area contributed by atoms with Crippen LogP contribution in [0.25, 0.3) is 10.9 Å². The molecule has 4 nitrogen and oxygen atoms in total. The van der Waals surface area contributed by atoms with Crippen LogP contribution in [0.5, 0.6) is 5.75 Å². The Hall–Kier alpha value is -1.65. The highest BCUT2D eigenvalue weighted by atomic mass is 16.5. The second-order valence-corrected chi connectivity index (χ2v) is 6.88. The average Bonchev–Trinajstić information content (AvgIpc) is 2.65. The molecule has 3 atom stereocenters. The third kappa shape index (κ3) is 3.40. The van der Waals surface area contributed by atoms with Gasteiger partial charge in [0.05, 0.1) is 18.7 Å². The normalized spacial score (nSPS) is 21.6. The highest BCUT2D eigenvalue weighted by Crippen LogP contribution is 2.31. The third-order valence-electron chi connectivity index (χ3n) is 5.46. The minimum Gasteiger partial charge on any atom is -0.497 e. The molecule has 1 aromatic heterocycles. The molecule has 1 saturated heterocycles. The fourth-order valence-electron chi connectivity index (χ4n) is 3.79. The van der Waals surface area contributed by atoms with Crippen molar-refractivity contribution < 1.29 is 9.84 Å². The van der Waals surface area contributed by atoms with Gasteiger partial charge in [0.1, 0.15) is 5.75 Å². The van der Waals surface area contributed by atoms with Gasteiger partial charge in [0.25, 0.3) is 0 Å². The molecule has 2 heterocycles. The van der Waals surface area contributed by atoms with E-state index in [0.29, 0.717) is 0 Å². The van der Waals surface area contributed by atoms with Gasteiger partial charge in [-0.25, -0.2) is 0 Å². The van der Waals surface area contributed by atoms with Crippen LogP contribution in [0.3, 0.4) is 0 Å². The predicted molar refractivity (Wildman–Crippen MR) is 97.3 cm³/mol. The number of hydrogen-bond donors (Lipinski definition) is 1. The summed E-state index contributed by atoms with van der Waals surface area (Å²) < 4.78 is 5.34. The van der Waals surface area contributed by atoms with Crippen LogP contribution in [0.2, 0.25) is 0 Å². The van der Waals surface area contributed by atoms with E-state index < -0.39 is 6.10 Å². The minimum atomic E-state index is -0.529.